The molecule has 1 aromatic heterocycles. The summed E-state index contributed by atoms with van der Waals surface area (Å²) in [4.78, 5) is 16.4. The second-order valence-corrected chi connectivity index (χ2v) is 6.79. The second-order valence-electron chi connectivity index (χ2n) is 6.79. The smallest absolute Gasteiger partial charge is 0.336 e. The van der Waals surface area contributed by atoms with Crippen LogP contribution < -0.4 is 15.1 Å². The number of hydrogen-bond acceptors (Lipinski definition) is 6. The number of ether oxygens (including phenoxy) is 2. The highest BCUT2D eigenvalue weighted by atomic mass is 35.5. The number of hydrogen-bond donors (Lipinski definition) is 0. The van der Waals surface area contributed by atoms with Gasteiger partial charge in [0.15, 0.2) is 11.5 Å². The average Bonchev–Trinajstić information content (AvgIpc) is 2.69. The van der Waals surface area contributed by atoms with Crippen LogP contribution in [0.15, 0.2) is 27.4 Å². The molecule has 0 unspecified atom stereocenters. The van der Waals surface area contributed by atoms with Gasteiger partial charge in [-0.3, -0.25) is 0 Å². The quantitative estimate of drug-likeness (QED) is 0.436. The van der Waals surface area contributed by atoms with Crippen LogP contribution in [0.3, 0.4) is 0 Å². The molecule has 0 spiro atoms. The Bertz CT molecular complexity index is 806. The van der Waals surface area contributed by atoms with E-state index in [2.05, 4.69) is 37.5 Å². The van der Waals surface area contributed by atoms with E-state index in [0.29, 0.717) is 30.3 Å². The highest BCUT2D eigenvalue weighted by Gasteiger charge is 2.13. The maximum Gasteiger partial charge on any atom is 0.336 e. The van der Waals surface area contributed by atoms with Gasteiger partial charge in [0.2, 0.25) is 0 Å². The largest absolute Gasteiger partial charge is 0.488 e. The number of likely N-dealkylation sites (N-methyl/N-ethyl adjacent to an activating group) is 2. The fourth-order valence-electron chi connectivity index (χ4n) is 3.20. The van der Waals surface area contributed by atoms with Crippen molar-refractivity contribution in [3.05, 3.63) is 34.2 Å². The molecule has 0 aliphatic heterocycles. The van der Waals surface area contributed by atoms with E-state index in [9.17, 15) is 4.79 Å². The van der Waals surface area contributed by atoms with E-state index in [-0.39, 0.29) is 30.4 Å². The first-order valence-electron chi connectivity index (χ1n) is 10.3. The minimum Gasteiger partial charge on any atom is -0.488 e. The Morgan fingerprint density at radius 1 is 0.800 bits per heavy atom. The number of rotatable bonds is 12. The van der Waals surface area contributed by atoms with Crippen molar-refractivity contribution in [2.45, 2.75) is 34.6 Å². The summed E-state index contributed by atoms with van der Waals surface area (Å²) in [6.45, 7) is 17.2. The summed E-state index contributed by atoms with van der Waals surface area (Å²) in [5.41, 5.74) is 1.04. The van der Waals surface area contributed by atoms with Gasteiger partial charge in [-0.2, -0.15) is 0 Å². The van der Waals surface area contributed by atoms with Crippen molar-refractivity contribution in [1.29, 1.82) is 0 Å². The van der Waals surface area contributed by atoms with E-state index >= 15 is 0 Å². The molecule has 2 aromatic rings. The zero-order valence-corrected chi connectivity index (χ0v) is 20.4. The molecule has 8 heteroatoms. The molecule has 2 rings (SSSR count). The lowest BCUT2D eigenvalue weighted by molar-refractivity contribution is 0.199. The van der Waals surface area contributed by atoms with Crippen molar-refractivity contribution >= 4 is 35.8 Å². The van der Waals surface area contributed by atoms with E-state index in [0.717, 1.165) is 50.2 Å². The topological polar surface area (TPSA) is 55.1 Å². The van der Waals surface area contributed by atoms with Crippen molar-refractivity contribution < 1.29 is 13.9 Å². The van der Waals surface area contributed by atoms with Gasteiger partial charge in [-0.05, 0) is 44.7 Å². The molecule has 0 aliphatic carbocycles. The summed E-state index contributed by atoms with van der Waals surface area (Å²) in [5.74, 6) is 1.31. The van der Waals surface area contributed by atoms with Gasteiger partial charge in [0.25, 0.3) is 0 Å². The fraction of sp³-hybridized carbons (Fsp3) is 0.591. The lowest BCUT2D eigenvalue weighted by atomic mass is 10.1. The predicted molar refractivity (Wildman–Crippen MR) is 128 cm³/mol. The molecule has 6 nitrogen and oxygen atoms in total. The highest BCUT2D eigenvalue weighted by molar-refractivity contribution is 5.85. The molecule has 1 heterocycles. The Hall–Kier alpha value is -1.47. The van der Waals surface area contributed by atoms with Gasteiger partial charge in [-0.15, -0.1) is 24.8 Å². The minimum absolute atomic E-state index is 0. The molecule has 0 N–H and O–H groups in total. The molecule has 0 radical (unpaired) electrons. The van der Waals surface area contributed by atoms with Crippen LogP contribution in [0, 0.1) is 6.92 Å². The van der Waals surface area contributed by atoms with Gasteiger partial charge >= 0.3 is 5.63 Å². The van der Waals surface area contributed by atoms with Gasteiger partial charge in [0.1, 0.15) is 18.8 Å². The zero-order valence-electron chi connectivity index (χ0n) is 18.7. The summed E-state index contributed by atoms with van der Waals surface area (Å²) in [6.07, 6.45) is 0. The summed E-state index contributed by atoms with van der Waals surface area (Å²) in [7, 11) is 0. The van der Waals surface area contributed by atoms with Gasteiger partial charge in [-0.25, -0.2) is 4.79 Å². The van der Waals surface area contributed by atoms with Gasteiger partial charge in [0, 0.05) is 30.6 Å². The average molecular weight is 463 g/mol. The summed E-state index contributed by atoms with van der Waals surface area (Å²) >= 11 is 0. The van der Waals surface area contributed by atoms with Crippen LogP contribution >= 0.6 is 24.8 Å². The molecule has 0 atom stereocenters. The molecule has 0 fully saturated rings. The number of aryl methyl sites for hydroxylation is 1. The van der Waals surface area contributed by atoms with Gasteiger partial charge < -0.3 is 23.7 Å². The van der Waals surface area contributed by atoms with Crippen molar-refractivity contribution in [1.82, 2.24) is 9.80 Å². The second kappa shape index (κ2) is 14.5. The minimum atomic E-state index is -0.353. The van der Waals surface area contributed by atoms with Crippen LogP contribution in [0.1, 0.15) is 33.3 Å². The Balaban J connectivity index is 0.00000420. The summed E-state index contributed by atoms with van der Waals surface area (Å²) < 4.78 is 17.5. The maximum absolute atomic E-state index is 11.7. The third-order valence-corrected chi connectivity index (χ3v) is 5.13. The molecule has 0 amide bonds. The van der Waals surface area contributed by atoms with Crippen molar-refractivity contribution in [2.75, 3.05) is 52.5 Å². The molecular formula is C22H36Cl2N2O4. The van der Waals surface area contributed by atoms with E-state index in [4.69, 9.17) is 13.9 Å². The molecule has 1 aromatic carbocycles. The lowest BCUT2D eigenvalue weighted by Gasteiger charge is -2.21. The predicted octanol–water partition coefficient (Wildman–Crippen LogP) is 4.39. The number of fused-ring (bicyclic) bond motifs is 1. The molecule has 0 aliphatic rings. The number of benzene rings is 1. The van der Waals surface area contributed by atoms with E-state index in [1.807, 2.05) is 13.0 Å². The van der Waals surface area contributed by atoms with Gasteiger partial charge in [0.05, 0.1) is 0 Å². The van der Waals surface area contributed by atoms with Crippen LogP contribution in [-0.2, 0) is 0 Å². The van der Waals surface area contributed by atoms with Crippen molar-refractivity contribution in [3.63, 3.8) is 0 Å². The van der Waals surface area contributed by atoms with Crippen LogP contribution in [0.5, 0.6) is 11.5 Å². The van der Waals surface area contributed by atoms with Crippen molar-refractivity contribution in [3.8, 4) is 11.5 Å². The number of nitrogens with zero attached hydrogens (tertiary/aromatic N) is 2. The number of halogens is 2. The first kappa shape index (κ1) is 28.5. The highest BCUT2D eigenvalue weighted by Crippen LogP contribution is 2.33. The van der Waals surface area contributed by atoms with Crippen molar-refractivity contribution in [2.24, 2.45) is 0 Å². The Morgan fingerprint density at radius 2 is 1.27 bits per heavy atom. The summed E-state index contributed by atoms with van der Waals surface area (Å²) in [6, 6.07) is 5.20. The van der Waals surface area contributed by atoms with Crippen LogP contribution in [-0.4, -0.2) is 62.3 Å². The van der Waals surface area contributed by atoms with Gasteiger partial charge in [-0.1, -0.05) is 27.7 Å². The SMILES string of the molecule is CCN(CC)CCOc1cc2oc(=O)cc(C)c2cc1OCCN(CC)CC.Cl.Cl. The zero-order chi connectivity index (χ0) is 20.5. The Kier molecular flexibility index (Phi) is 13.8. The van der Waals surface area contributed by atoms with E-state index in [1.54, 1.807) is 6.07 Å². The summed E-state index contributed by atoms with van der Waals surface area (Å²) in [5, 5.41) is 0.869. The maximum atomic E-state index is 11.7. The normalized spacial score (nSPS) is 10.8. The Labute approximate surface area is 192 Å². The lowest BCUT2D eigenvalue weighted by Crippen LogP contribution is -2.28. The molecule has 0 saturated carbocycles. The first-order valence-corrected chi connectivity index (χ1v) is 10.3. The molecule has 172 valence electrons. The first-order chi connectivity index (χ1) is 13.5. The molecule has 30 heavy (non-hydrogen) atoms. The molecular weight excluding hydrogens is 427 g/mol. The van der Waals surface area contributed by atoms with E-state index < -0.39 is 0 Å². The van der Waals surface area contributed by atoms with Crippen LogP contribution in [0.4, 0.5) is 0 Å². The monoisotopic (exact) mass is 462 g/mol. The standard InChI is InChI=1S/C22H34N2O4.2ClH/c1-6-23(7-2)10-12-26-20-15-18-17(5)14-22(25)28-19(18)16-21(20)27-13-11-24(8-3)9-4;;/h14-16H,6-13H2,1-5H3;2*1H. The Morgan fingerprint density at radius 3 is 1.73 bits per heavy atom. The fourth-order valence-corrected chi connectivity index (χ4v) is 3.20. The third-order valence-electron chi connectivity index (χ3n) is 5.13. The van der Waals surface area contributed by atoms with Crippen LogP contribution in [0.2, 0.25) is 0 Å². The molecule has 0 saturated heterocycles. The van der Waals surface area contributed by atoms with Crippen LogP contribution in [0.25, 0.3) is 11.0 Å². The molecule has 0 bridgehead atoms. The third kappa shape index (κ3) is 7.99. The van der Waals surface area contributed by atoms with E-state index in [1.165, 1.54) is 6.07 Å².